The third kappa shape index (κ3) is 6.04. The maximum absolute atomic E-state index is 13.5. The molecule has 8 heteroatoms. The van der Waals surface area contributed by atoms with Crippen molar-refractivity contribution >= 4 is 35.8 Å². The Morgan fingerprint density at radius 3 is 2.61 bits per heavy atom. The van der Waals surface area contributed by atoms with Gasteiger partial charge in [-0.05, 0) is 43.4 Å². The molecule has 6 nitrogen and oxygen atoms in total. The first-order chi connectivity index (χ1) is 13.0. The fourth-order valence-corrected chi connectivity index (χ4v) is 3.70. The number of amides is 1. The molecule has 1 aromatic carbocycles. The Hall–Kier alpha value is -1.42. The Bertz CT molecular complexity index is 687. The third-order valence-corrected chi connectivity index (χ3v) is 5.68. The van der Waals surface area contributed by atoms with E-state index in [9.17, 15) is 9.18 Å². The van der Waals surface area contributed by atoms with Gasteiger partial charge in [0.1, 0.15) is 5.82 Å². The Labute approximate surface area is 183 Å². The molecule has 1 heterocycles. The molecule has 2 fully saturated rings. The van der Waals surface area contributed by atoms with E-state index in [2.05, 4.69) is 25.8 Å². The number of carbonyl (C=O) groups is 1. The number of benzene rings is 1. The van der Waals surface area contributed by atoms with Crippen molar-refractivity contribution in [3.63, 3.8) is 0 Å². The van der Waals surface area contributed by atoms with Crippen LogP contribution >= 0.6 is 24.0 Å². The number of nitrogens with zero attached hydrogens (tertiary/aromatic N) is 2. The minimum Gasteiger partial charge on any atom is -0.358 e. The van der Waals surface area contributed by atoms with E-state index in [0.717, 1.165) is 56.8 Å². The molecule has 1 saturated carbocycles. The second kappa shape index (κ2) is 10.4. The molecule has 3 rings (SSSR count). The van der Waals surface area contributed by atoms with Gasteiger partial charge in [-0.15, -0.1) is 24.0 Å². The zero-order valence-corrected chi connectivity index (χ0v) is 19.0. The van der Waals surface area contributed by atoms with Gasteiger partial charge >= 0.3 is 0 Å². The lowest BCUT2D eigenvalue weighted by atomic mass is 9.96. The average Bonchev–Trinajstić information content (AvgIpc) is 3.47. The van der Waals surface area contributed by atoms with E-state index in [1.54, 1.807) is 26.2 Å². The highest BCUT2D eigenvalue weighted by molar-refractivity contribution is 14.0. The standard InChI is InChI=1S/C20H30FN5O.HI/c1-22-18(27)13-26-10-6-17(7-11-26)25-19(23-2)24-14-20(8-9-20)15-4-3-5-16(21)12-15;/h3-5,12,17H,6-11,13-14H2,1-2H3,(H,22,27)(H2,23,24,25);1H. The van der Waals surface area contributed by atoms with Crippen molar-refractivity contribution in [2.45, 2.75) is 37.1 Å². The van der Waals surface area contributed by atoms with Gasteiger partial charge in [-0.1, -0.05) is 12.1 Å². The molecule has 1 aliphatic heterocycles. The van der Waals surface area contributed by atoms with E-state index < -0.39 is 0 Å². The topological polar surface area (TPSA) is 68.8 Å². The molecule has 0 aromatic heterocycles. The Morgan fingerprint density at radius 2 is 2.04 bits per heavy atom. The van der Waals surface area contributed by atoms with Gasteiger partial charge in [0.25, 0.3) is 0 Å². The first-order valence-electron chi connectivity index (χ1n) is 9.71. The SMILES string of the molecule is CN=C(NCC1(c2cccc(F)c2)CC1)NC1CCN(CC(=O)NC)CC1.I. The summed E-state index contributed by atoms with van der Waals surface area (Å²) in [6.45, 7) is 3.02. The van der Waals surface area contributed by atoms with Crippen LogP contribution in [0.2, 0.25) is 0 Å². The molecule has 0 atom stereocenters. The van der Waals surface area contributed by atoms with Crippen molar-refractivity contribution in [1.29, 1.82) is 0 Å². The molecule has 2 aliphatic rings. The molecular weight excluding hydrogens is 472 g/mol. The van der Waals surface area contributed by atoms with Crippen LogP contribution in [0.5, 0.6) is 0 Å². The number of nitrogens with one attached hydrogen (secondary N) is 3. The van der Waals surface area contributed by atoms with E-state index in [1.165, 1.54) is 6.07 Å². The smallest absolute Gasteiger partial charge is 0.233 e. The molecule has 28 heavy (non-hydrogen) atoms. The van der Waals surface area contributed by atoms with Gasteiger partial charge in [0.05, 0.1) is 6.54 Å². The van der Waals surface area contributed by atoms with Crippen LogP contribution in [0.25, 0.3) is 0 Å². The number of likely N-dealkylation sites (tertiary alicyclic amines) is 1. The minimum atomic E-state index is -0.176. The van der Waals surface area contributed by atoms with Crippen LogP contribution in [0.1, 0.15) is 31.2 Å². The number of rotatable bonds is 6. The predicted molar refractivity (Wildman–Crippen MR) is 121 cm³/mol. The lowest BCUT2D eigenvalue weighted by Crippen LogP contribution is -2.50. The maximum Gasteiger partial charge on any atom is 0.233 e. The van der Waals surface area contributed by atoms with Crippen molar-refractivity contribution < 1.29 is 9.18 Å². The lowest BCUT2D eigenvalue weighted by Gasteiger charge is -2.32. The highest BCUT2D eigenvalue weighted by atomic mass is 127. The monoisotopic (exact) mass is 503 g/mol. The normalized spacial score (nSPS) is 19.5. The fourth-order valence-electron chi connectivity index (χ4n) is 3.70. The van der Waals surface area contributed by atoms with Crippen molar-refractivity contribution in [3.05, 3.63) is 35.6 Å². The summed E-state index contributed by atoms with van der Waals surface area (Å²) in [5, 5.41) is 9.59. The van der Waals surface area contributed by atoms with Crippen LogP contribution in [-0.2, 0) is 10.2 Å². The molecule has 156 valence electrons. The van der Waals surface area contributed by atoms with Crippen molar-refractivity contribution in [3.8, 4) is 0 Å². The summed E-state index contributed by atoms with van der Waals surface area (Å²) in [7, 11) is 3.45. The number of piperidine rings is 1. The van der Waals surface area contributed by atoms with Gasteiger partial charge in [-0.3, -0.25) is 14.7 Å². The van der Waals surface area contributed by atoms with Crippen molar-refractivity contribution in [2.75, 3.05) is 40.3 Å². The number of aliphatic imine (C=N–C) groups is 1. The summed E-state index contributed by atoms with van der Waals surface area (Å²) in [5.74, 6) is 0.679. The van der Waals surface area contributed by atoms with Gasteiger partial charge in [0, 0.05) is 45.2 Å². The number of hydrogen-bond acceptors (Lipinski definition) is 3. The van der Waals surface area contributed by atoms with E-state index in [4.69, 9.17) is 0 Å². The molecule has 0 bridgehead atoms. The number of likely N-dealkylation sites (N-methyl/N-ethyl adjacent to an activating group) is 1. The molecule has 1 aromatic rings. The molecular formula is C20H31FIN5O. The van der Waals surface area contributed by atoms with Gasteiger partial charge in [0.15, 0.2) is 5.96 Å². The quantitative estimate of drug-likeness (QED) is 0.315. The van der Waals surface area contributed by atoms with E-state index in [-0.39, 0.29) is 41.1 Å². The Morgan fingerprint density at radius 1 is 1.32 bits per heavy atom. The third-order valence-electron chi connectivity index (χ3n) is 5.68. The Balaban J connectivity index is 0.00000280. The molecule has 0 unspecified atom stereocenters. The second-order valence-electron chi connectivity index (χ2n) is 7.58. The minimum absolute atomic E-state index is 0. The van der Waals surface area contributed by atoms with Gasteiger partial charge in [-0.25, -0.2) is 4.39 Å². The number of halogens is 2. The summed E-state index contributed by atoms with van der Waals surface area (Å²) in [6, 6.07) is 7.28. The molecule has 0 radical (unpaired) electrons. The van der Waals surface area contributed by atoms with Crippen LogP contribution < -0.4 is 16.0 Å². The highest BCUT2D eigenvalue weighted by Gasteiger charge is 2.44. The molecule has 0 spiro atoms. The molecule has 1 amide bonds. The second-order valence-corrected chi connectivity index (χ2v) is 7.58. The van der Waals surface area contributed by atoms with Crippen LogP contribution in [0.15, 0.2) is 29.3 Å². The van der Waals surface area contributed by atoms with Crippen LogP contribution in [-0.4, -0.2) is 63.1 Å². The highest BCUT2D eigenvalue weighted by Crippen LogP contribution is 2.47. The van der Waals surface area contributed by atoms with Gasteiger partial charge in [-0.2, -0.15) is 0 Å². The van der Waals surface area contributed by atoms with E-state index >= 15 is 0 Å². The average molecular weight is 503 g/mol. The van der Waals surface area contributed by atoms with Crippen LogP contribution in [0.4, 0.5) is 4.39 Å². The lowest BCUT2D eigenvalue weighted by molar-refractivity contribution is -0.122. The number of hydrogen-bond donors (Lipinski definition) is 3. The molecule has 1 saturated heterocycles. The number of guanidine groups is 1. The summed E-state index contributed by atoms with van der Waals surface area (Å²) in [4.78, 5) is 18.0. The molecule has 1 aliphatic carbocycles. The van der Waals surface area contributed by atoms with Crippen LogP contribution in [0.3, 0.4) is 0 Å². The first kappa shape index (κ1) is 22.9. The summed E-state index contributed by atoms with van der Waals surface area (Å²) in [5.41, 5.74) is 1.09. The zero-order chi connectivity index (χ0) is 19.3. The summed E-state index contributed by atoms with van der Waals surface area (Å²) in [6.07, 6.45) is 4.09. The molecule has 3 N–H and O–H groups in total. The predicted octanol–water partition coefficient (Wildman–Crippen LogP) is 1.85. The first-order valence-corrected chi connectivity index (χ1v) is 9.71. The van der Waals surface area contributed by atoms with Crippen LogP contribution in [0, 0.1) is 5.82 Å². The van der Waals surface area contributed by atoms with Crippen molar-refractivity contribution in [2.24, 2.45) is 4.99 Å². The van der Waals surface area contributed by atoms with E-state index in [0.29, 0.717) is 12.6 Å². The summed E-state index contributed by atoms with van der Waals surface area (Å²) < 4.78 is 13.5. The van der Waals surface area contributed by atoms with Gasteiger partial charge in [0.2, 0.25) is 5.91 Å². The van der Waals surface area contributed by atoms with Crippen molar-refractivity contribution in [1.82, 2.24) is 20.9 Å². The number of carbonyl (C=O) groups excluding carboxylic acids is 1. The fraction of sp³-hybridized carbons (Fsp3) is 0.600. The largest absolute Gasteiger partial charge is 0.358 e. The van der Waals surface area contributed by atoms with Gasteiger partial charge < -0.3 is 16.0 Å². The maximum atomic E-state index is 13.5. The summed E-state index contributed by atoms with van der Waals surface area (Å²) >= 11 is 0. The van der Waals surface area contributed by atoms with E-state index in [1.807, 2.05) is 6.07 Å². The zero-order valence-electron chi connectivity index (χ0n) is 16.6. The Kier molecular flexibility index (Phi) is 8.48.